The fourth-order valence-corrected chi connectivity index (χ4v) is 3.07. The first-order chi connectivity index (χ1) is 9.10. The molecule has 1 aliphatic carbocycles. The molecule has 0 atom stereocenters. The van der Waals surface area contributed by atoms with Gasteiger partial charge >= 0.3 is 0 Å². The van der Waals surface area contributed by atoms with E-state index in [-0.39, 0.29) is 5.02 Å². The molecule has 106 valence electrons. The van der Waals surface area contributed by atoms with Crippen molar-refractivity contribution in [3.05, 3.63) is 23.0 Å². The molecule has 0 heterocycles. The second kappa shape index (κ2) is 6.47. The fourth-order valence-electron chi connectivity index (χ4n) is 2.91. The summed E-state index contributed by atoms with van der Waals surface area (Å²) in [6, 6.07) is 3.30. The third-order valence-electron chi connectivity index (χ3n) is 4.00. The lowest BCUT2D eigenvalue weighted by atomic mass is 9.83. The van der Waals surface area contributed by atoms with E-state index in [0.29, 0.717) is 11.7 Å². The van der Waals surface area contributed by atoms with Crippen LogP contribution in [0.5, 0.6) is 0 Å². The molecular formula is C15H22ClFN2. The molecule has 0 spiro atoms. The molecular weight excluding hydrogens is 263 g/mol. The summed E-state index contributed by atoms with van der Waals surface area (Å²) in [4.78, 5) is 0. The largest absolute Gasteiger partial charge is 0.397 e. The van der Waals surface area contributed by atoms with Crippen molar-refractivity contribution < 1.29 is 4.39 Å². The van der Waals surface area contributed by atoms with Crippen molar-refractivity contribution in [2.45, 2.75) is 51.5 Å². The smallest absolute Gasteiger partial charge is 0.143 e. The van der Waals surface area contributed by atoms with Crippen molar-refractivity contribution in [3.8, 4) is 0 Å². The Morgan fingerprint density at radius 2 is 2.00 bits per heavy atom. The minimum Gasteiger partial charge on any atom is -0.397 e. The predicted octanol–water partition coefficient (Wildman–Crippen LogP) is 4.83. The molecule has 0 aromatic heterocycles. The van der Waals surface area contributed by atoms with E-state index >= 15 is 0 Å². The van der Waals surface area contributed by atoms with E-state index in [4.69, 9.17) is 17.3 Å². The van der Waals surface area contributed by atoms with Crippen LogP contribution in [0.1, 0.15) is 45.4 Å². The van der Waals surface area contributed by atoms with Gasteiger partial charge in [0.15, 0.2) is 0 Å². The molecule has 1 aliphatic rings. The number of hydrogen-bond acceptors (Lipinski definition) is 2. The first-order valence-corrected chi connectivity index (χ1v) is 7.49. The first-order valence-electron chi connectivity index (χ1n) is 7.11. The van der Waals surface area contributed by atoms with Crippen LogP contribution in [0, 0.1) is 11.7 Å². The van der Waals surface area contributed by atoms with E-state index in [0.717, 1.165) is 24.4 Å². The summed E-state index contributed by atoms with van der Waals surface area (Å²) in [7, 11) is 0. The number of benzene rings is 1. The SMILES string of the molecule is CCCC1CCC(Nc2cc(Cl)c(F)cc2N)CC1. The maximum Gasteiger partial charge on any atom is 0.143 e. The van der Waals surface area contributed by atoms with Crippen LogP contribution in [-0.2, 0) is 0 Å². The molecule has 2 rings (SSSR count). The van der Waals surface area contributed by atoms with Gasteiger partial charge in [0.1, 0.15) is 5.82 Å². The lowest BCUT2D eigenvalue weighted by Crippen LogP contribution is -2.26. The number of nitrogen functional groups attached to an aromatic ring is 1. The van der Waals surface area contributed by atoms with E-state index in [1.807, 2.05) is 0 Å². The Morgan fingerprint density at radius 3 is 2.63 bits per heavy atom. The van der Waals surface area contributed by atoms with Crippen molar-refractivity contribution in [1.82, 2.24) is 0 Å². The molecule has 0 bridgehead atoms. The van der Waals surface area contributed by atoms with Crippen LogP contribution in [0.25, 0.3) is 0 Å². The molecule has 19 heavy (non-hydrogen) atoms. The van der Waals surface area contributed by atoms with Gasteiger partial charge in [-0.3, -0.25) is 0 Å². The third kappa shape index (κ3) is 3.75. The van der Waals surface area contributed by atoms with Crippen LogP contribution in [0.15, 0.2) is 12.1 Å². The quantitative estimate of drug-likeness (QED) is 0.777. The van der Waals surface area contributed by atoms with Gasteiger partial charge in [0.2, 0.25) is 0 Å². The van der Waals surface area contributed by atoms with Gasteiger partial charge in [0.05, 0.1) is 16.4 Å². The van der Waals surface area contributed by atoms with E-state index in [1.54, 1.807) is 6.07 Å². The summed E-state index contributed by atoms with van der Waals surface area (Å²) < 4.78 is 13.2. The number of nitrogens with two attached hydrogens (primary N) is 1. The van der Waals surface area contributed by atoms with Gasteiger partial charge in [0, 0.05) is 12.1 Å². The summed E-state index contributed by atoms with van der Waals surface area (Å²) >= 11 is 5.80. The Labute approximate surface area is 119 Å². The molecule has 0 saturated heterocycles. The molecule has 1 saturated carbocycles. The Morgan fingerprint density at radius 1 is 1.32 bits per heavy atom. The monoisotopic (exact) mass is 284 g/mol. The van der Waals surface area contributed by atoms with Crippen LogP contribution in [0.2, 0.25) is 5.02 Å². The molecule has 0 aliphatic heterocycles. The van der Waals surface area contributed by atoms with Crippen molar-refractivity contribution in [1.29, 1.82) is 0 Å². The third-order valence-corrected chi connectivity index (χ3v) is 4.29. The van der Waals surface area contributed by atoms with Gasteiger partial charge in [-0.2, -0.15) is 0 Å². The lowest BCUT2D eigenvalue weighted by Gasteiger charge is -2.30. The zero-order valence-electron chi connectivity index (χ0n) is 11.4. The highest BCUT2D eigenvalue weighted by Crippen LogP contribution is 2.32. The van der Waals surface area contributed by atoms with Gasteiger partial charge in [0.25, 0.3) is 0 Å². The maximum atomic E-state index is 13.2. The van der Waals surface area contributed by atoms with Gasteiger partial charge in [-0.1, -0.05) is 31.4 Å². The summed E-state index contributed by atoms with van der Waals surface area (Å²) in [5, 5.41) is 3.53. The normalized spacial score (nSPS) is 23.3. The summed E-state index contributed by atoms with van der Waals surface area (Å²) in [6.45, 7) is 2.24. The number of hydrogen-bond donors (Lipinski definition) is 2. The maximum absolute atomic E-state index is 13.2. The van der Waals surface area contributed by atoms with Crippen LogP contribution >= 0.6 is 11.6 Å². The number of rotatable bonds is 4. The second-order valence-corrected chi connectivity index (χ2v) is 5.91. The lowest BCUT2D eigenvalue weighted by molar-refractivity contribution is 0.319. The molecule has 3 N–H and O–H groups in total. The number of halogens is 2. The fraction of sp³-hybridized carbons (Fsp3) is 0.600. The highest BCUT2D eigenvalue weighted by Gasteiger charge is 2.21. The van der Waals surface area contributed by atoms with Crippen LogP contribution in [0.4, 0.5) is 15.8 Å². The molecule has 1 aromatic rings. The van der Waals surface area contributed by atoms with Crippen LogP contribution < -0.4 is 11.1 Å². The zero-order valence-corrected chi connectivity index (χ0v) is 12.1. The summed E-state index contributed by atoms with van der Waals surface area (Å²) in [5.41, 5.74) is 7.00. The van der Waals surface area contributed by atoms with Gasteiger partial charge < -0.3 is 11.1 Å². The van der Waals surface area contributed by atoms with Crippen molar-refractivity contribution in [2.24, 2.45) is 5.92 Å². The van der Waals surface area contributed by atoms with Crippen molar-refractivity contribution in [2.75, 3.05) is 11.1 Å². The average Bonchev–Trinajstić information content (AvgIpc) is 2.38. The molecule has 0 amide bonds. The summed E-state index contributed by atoms with van der Waals surface area (Å²) in [5.74, 6) is 0.411. The highest BCUT2D eigenvalue weighted by atomic mass is 35.5. The zero-order chi connectivity index (χ0) is 13.8. The molecule has 1 fully saturated rings. The van der Waals surface area contributed by atoms with Gasteiger partial charge in [-0.25, -0.2) is 4.39 Å². The molecule has 0 unspecified atom stereocenters. The second-order valence-electron chi connectivity index (χ2n) is 5.50. The van der Waals surface area contributed by atoms with E-state index in [2.05, 4.69) is 12.2 Å². The number of nitrogens with one attached hydrogen (secondary N) is 1. The Balaban J connectivity index is 1.94. The predicted molar refractivity (Wildman–Crippen MR) is 80.1 cm³/mol. The van der Waals surface area contributed by atoms with Crippen LogP contribution in [0.3, 0.4) is 0 Å². The Kier molecular flexibility index (Phi) is 4.92. The van der Waals surface area contributed by atoms with Gasteiger partial charge in [-0.05, 0) is 37.7 Å². The van der Waals surface area contributed by atoms with Gasteiger partial charge in [-0.15, -0.1) is 0 Å². The minimum absolute atomic E-state index is 0.122. The van der Waals surface area contributed by atoms with E-state index < -0.39 is 5.82 Å². The summed E-state index contributed by atoms with van der Waals surface area (Å²) in [6.07, 6.45) is 7.43. The first kappa shape index (κ1) is 14.4. The van der Waals surface area contributed by atoms with E-state index in [9.17, 15) is 4.39 Å². The molecule has 1 aromatic carbocycles. The Hall–Kier alpha value is -0.960. The average molecular weight is 285 g/mol. The Bertz CT molecular complexity index is 428. The van der Waals surface area contributed by atoms with Crippen molar-refractivity contribution in [3.63, 3.8) is 0 Å². The van der Waals surface area contributed by atoms with Crippen molar-refractivity contribution >= 4 is 23.0 Å². The molecule has 0 radical (unpaired) electrons. The highest BCUT2D eigenvalue weighted by molar-refractivity contribution is 6.31. The number of anilines is 2. The molecule has 2 nitrogen and oxygen atoms in total. The minimum atomic E-state index is -0.462. The van der Waals surface area contributed by atoms with E-state index in [1.165, 1.54) is 31.7 Å². The topological polar surface area (TPSA) is 38.0 Å². The van der Waals surface area contributed by atoms with Crippen LogP contribution in [-0.4, -0.2) is 6.04 Å². The standard InChI is InChI=1S/C15H22ClFN2/c1-2-3-10-4-6-11(7-5-10)19-15-8-12(16)13(17)9-14(15)18/h8-11,19H,2-7,18H2,1H3. The molecule has 4 heteroatoms.